The van der Waals surface area contributed by atoms with Crippen LogP contribution >= 0.6 is 0 Å². The molecule has 0 aromatic heterocycles. The first-order valence-corrected chi connectivity index (χ1v) is 11.3. The van der Waals surface area contributed by atoms with E-state index < -0.39 is 5.60 Å². The maximum Gasteiger partial charge on any atom is 0.167 e. The number of Topliss-reactive ketones (excluding diaryl/α,β-unsaturated/α-hetero) is 1. The van der Waals surface area contributed by atoms with Crippen molar-refractivity contribution in [1.29, 1.82) is 0 Å². The smallest absolute Gasteiger partial charge is 0.167 e. The van der Waals surface area contributed by atoms with Crippen molar-refractivity contribution in [3.05, 3.63) is 0 Å². The van der Waals surface area contributed by atoms with Crippen LogP contribution in [0.4, 0.5) is 0 Å². The number of rotatable bonds is 9. The Labute approximate surface area is 170 Å². The molecule has 3 aliphatic rings. The number of carbonyl (C=O) groups excluding carboxylic acids is 1. The van der Waals surface area contributed by atoms with Gasteiger partial charge in [-0.05, 0) is 37.0 Å². The van der Waals surface area contributed by atoms with E-state index in [1.807, 2.05) is 0 Å². The quantitative estimate of drug-likeness (QED) is 0.571. The highest BCUT2D eigenvalue weighted by atomic mass is 16.7. The van der Waals surface area contributed by atoms with E-state index in [0.29, 0.717) is 31.0 Å². The van der Waals surface area contributed by atoms with Crippen molar-refractivity contribution in [2.45, 2.75) is 97.6 Å². The van der Waals surface area contributed by atoms with E-state index in [0.717, 1.165) is 25.7 Å². The molecule has 1 aliphatic carbocycles. The van der Waals surface area contributed by atoms with Crippen molar-refractivity contribution in [1.82, 2.24) is 0 Å². The molecule has 6 atom stereocenters. The average molecular weight is 397 g/mol. The number of hydrogen-bond acceptors (Lipinski definition) is 5. The lowest BCUT2D eigenvalue weighted by atomic mass is 9.78. The van der Waals surface area contributed by atoms with Crippen molar-refractivity contribution in [2.75, 3.05) is 13.6 Å². The number of ether oxygens (including phenoxy) is 4. The highest BCUT2D eigenvalue weighted by Crippen LogP contribution is 2.55. The number of ketones is 1. The van der Waals surface area contributed by atoms with Gasteiger partial charge in [-0.3, -0.25) is 4.79 Å². The molecule has 28 heavy (non-hydrogen) atoms. The van der Waals surface area contributed by atoms with Gasteiger partial charge in [-0.15, -0.1) is 0 Å². The number of fused-ring (bicyclic) bond motifs is 3. The maximum atomic E-state index is 13.6. The van der Waals surface area contributed by atoms with Gasteiger partial charge in [0.25, 0.3) is 0 Å². The van der Waals surface area contributed by atoms with Crippen molar-refractivity contribution >= 4 is 5.78 Å². The average Bonchev–Trinajstić information content (AvgIpc) is 3.14. The lowest BCUT2D eigenvalue weighted by Gasteiger charge is -2.38. The van der Waals surface area contributed by atoms with E-state index in [2.05, 4.69) is 41.5 Å². The van der Waals surface area contributed by atoms with Crippen LogP contribution in [0.5, 0.6) is 0 Å². The number of hydrogen-bond donors (Lipinski definition) is 0. The minimum absolute atomic E-state index is 0.0236. The minimum Gasteiger partial charge on any atom is -0.352 e. The Morgan fingerprint density at radius 2 is 1.64 bits per heavy atom. The van der Waals surface area contributed by atoms with Crippen molar-refractivity contribution in [3.8, 4) is 0 Å². The lowest BCUT2D eigenvalue weighted by Crippen LogP contribution is -2.51. The molecule has 0 spiro atoms. The highest BCUT2D eigenvalue weighted by Gasteiger charge is 2.70. The zero-order chi connectivity index (χ0) is 20.5. The van der Waals surface area contributed by atoms with Gasteiger partial charge < -0.3 is 18.9 Å². The molecule has 0 aromatic rings. The number of carbonyl (C=O) groups is 1. The third-order valence-corrected chi connectivity index (χ3v) is 6.76. The summed E-state index contributed by atoms with van der Waals surface area (Å²) in [7, 11) is 0. The predicted octanol–water partition coefficient (Wildman–Crippen LogP) is 4.57. The Balaban J connectivity index is 1.92. The molecule has 0 N–H and O–H groups in total. The fraction of sp³-hybridized carbons (Fsp3) is 0.957. The molecule has 0 radical (unpaired) electrons. The summed E-state index contributed by atoms with van der Waals surface area (Å²) in [6, 6.07) is 0. The Hall–Kier alpha value is -0.490. The summed E-state index contributed by atoms with van der Waals surface area (Å²) in [5.74, 6) is 1.91. The third-order valence-electron chi connectivity index (χ3n) is 6.76. The maximum absolute atomic E-state index is 13.6. The normalized spacial score (nSPS) is 37.7. The summed E-state index contributed by atoms with van der Waals surface area (Å²) in [5, 5.41) is 0. The Kier molecular flexibility index (Phi) is 7.23. The second-order valence-corrected chi connectivity index (χ2v) is 10.2. The van der Waals surface area contributed by atoms with Gasteiger partial charge in [0.1, 0.15) is 19.7 Å². The van der Waals surface area contributed by atoms with Gasteiger partial charge in [-0.1, -0.05) is 48.0 Å². The monoisotopic (exact) mass is 396 g/mol. The molecule has 162 valence electrons. The Bertz CT molecular complexity index is 531. The molecule has 2 aliphatic heterocycles. The summed E-state index contributed by atoms with van der Waals surface area (Å²) in [6.45, 7) is 13.7. The first kappa shape index (κ1) is 22.2. The van der Waals surface area contributed by atoms with Gasteiger partial charge in [0.15, 0.2) is 11.4 Å². The summed E-state index contributed by atoms with van der Waals surface area (Å²) in [5.41, 5.74) is -0.859. The van der Waals surface area contributed by atoms with Gasteiger partial charge in [-0.2, -0.15) is 0 Å². The molecule has 3 rings (SSSR count). The molecule has 5 heteroatoms. The largest absolute Gasteiger partial charge is 0.352 e. The van der Waals surface area contributed by atoms with Gasteiger partial charge >= 0.3 is 0 Å². The van der Waals surface area contributed by atoms with Crippen molar-refractivity contribution in [3.63, 3.8) is 0 Å². The van der Waals surface area contributed by atoms with E-state index in [1.54, 1.807) is 0 Å². The second-order valence-electron chi connectivity index (χ2n) is 10.2. The zero-order valence-corrected chi connectivity index (χ0v) is 18.6. The zero-order valence-electron chi connectivity index (χ0n) is 18.6. The van der Waals surface area contributed by atoms with Crippen LogP contribution in [-0.4, -0.2) is 43.3 Å². The molecule has 0 amide bonds. The van der Waals surface area contributed by atoms with Crippen LogP contribution in [0.2, 0.25) is 0 Å². The lowest BCUT2D eigenvalue weighted by molar-refractivity contribution is -0.229. The molecule has 0 aromatic carbocycles. The molecule has 5 nitrogen and oxygen atoms in total. The van der Waals surface area contributed by atoms with Gasteiger partial charge in [0, 0.05) is 18.3 Å². The standard InChI is InChI=1S/C23H40O5/c1-14(2)7-9-17-21-20(18(11-16(5)6)25-12-26-21)22-23(17,28-13-27-22)19(24)10-8-15(3)4/h14-18,20-22H,7-13H2,1-6H3/t17-,18?,20-,21?,22?,23+/m0/s1. The van der Waals surface area contributed by atoms with E-state index in [1.165, 1.54) is 0 Å². The van der Waals surface area contributed by atoms with Crippen LogP contribution in [0.3, 0.4) is 0 Å². The summed E-state index contributed by atoms with van der Waals surface area (Å²) >= 11 is 0. The van der Waals surface area contributed by atoms with E-state index in [-0.39, 0.29) is 42.7 Å². The van der Waals surface area contributed by atoms with Crippen LogP contribution in [-0.2, 0) is 23.7 Å². The van der Waals surface area contributed by atoms with Crippen LogP contribution < -0.4 is 0 Å². The molecule has 0 bridgehead atoms. The topological polar surface area (TPSA) is 54.0 Å². The van der Waals surface area contributed by atoms with Gasteiger partial charge in [0.2, 0.25) is 0 Å². The molecule has 2 saturated heterocycles. The molecular formula is C23H40O5. The molecule has 1 saturated carbocycles. The van der Waals surface area contributed by atoms with Crippen LogP contribution in [0.25, 0.3) is 0 Å². The fourth-order valence-corrected chi connectivity index (χ4v) is 5.40. The Morgan fingerprint density at radius 3 is 2.29 bits per heavy atom. The van der Waals surface area contributed by atoms with Crippen molar-refractivity contribution < 1.29 is 23.7 Å². The summed E-state index contributed by atoms with van der Waals surface area (Å²) in [6.07, 6.45) is 4.16. The van der Waals surface area contributed by atoms with E-state index >= 15 is 0 Å². The van der Waals surface area contributed by atoms with Crippen LogP contribution in [0.15, 0.2) is 0 Å². The molecular weight excluding hydrogens is 356 g/mol. The highest BCUT2D eigenvalue weighted by molar-refractivity contribution is 5.89. The van der Waals surface area contributed by atoms with Crippen LogP contribution in [0, 0.1) is 29.6 Å². The third kappa shape index (κ3) is 4.19. The second kappa shape index (κ2) is 9.11. The molecule has 3 unspecified atom stereocenters. The predicted molar refractivity (Wildman–Crippen MR) is 108 cm³/mol. The summed E-state index contributed by atoms with van der Waals surface area (Å²) in [4.78, 5) is 13.6. The summed E-state index contributed by atoms with van der Waals surface area (Å²) < 4.78 is 24.6. The van der Waals surface area contributed by atoms with E-state index in [4.69, 9.17) is 18.9 Å². The minimum atomic E-state index is -0.859. The van der Waals surface area contributed by atoms with E-state index in [9.17, 15) is 4.79 Å². The molecule has 3 fully saturated rings. The van der Waals surface area contributed by atoms with Crippen molar-refractivity contribution in [2.24, 2.45) is 29.6 Å². The van der Waals surface area contributed by atoms with Gasteiger partial charge in [0.05, 0.1) is 12.2 Å². The van der Waals surface area contributed by atoms with Crippen LogP contribution in [0.1, 0.15) is 73.6 Å². The molecule has 2 heterocycles. The SMILES string of the molecule is CC(C)CCC(=O)[C@@]12OCOC1[C@H]1C(CC(C)C)OCOC1[C@@H]2CCC(C)C. The fourth-order valence-electron chi connectivity index (χ4n) is 5.40. The van der Waals surface area contributed by atoms with Gasteiger partial charge in [-0.25, -0.2) is 0 Å². The first-order chi connectivity index (χ1) is 13.3. The Morgan fingerprint density at radius 1 is 0.929 bits per heavy atom. The first-order valence-electron chi connectivity index (χ1n) is 11.3.